The average molecular weight is 224 g/mol. The molecule has 0 heterocycles. The molecule has 0 aliphatic heterocycles. The van der Waals surface area contributed by atoms with Crippen molar-refractivity contribution in [2.75, 3.05) is 18.5 Å². The molecule has 0 amide bonds. The second-order valence-corrected chi connectivity index (χ2v) is 3.83. The van der Waals surface area contributed by atoms with E-state index in [4.69, 9.17) is 5.11 Å². The van der Waals surface area contributed by atoms with Crippen molar-refractivity contribution in [2.45, 2.75) is 19.4 Å². The Bertz CT molecular complexity index is 349. The first-order chi connectivity index (χ1) is 7.50. The molecule has 0 saturated heterocycles. The van der Waals surface area contributed by atoms with Crippen LogP contribution in [0.5, 0.6) is 0 Å². The van der Waals surface area contributed by atoms with Gasteiger partial charge in [0.1, 0.15) is 0 Å². The summed E-state index contributed by atoms with van der Waals surface area (Å²) >= 11 is 0. The van der Waals surface area contributed by atoms with Crippen LogP contribution in [0, 0.1) is 10.1 Å². The van der Waals surface area contributed by atoms with E-state index in [-0.39, 0.29) is 11.8 Å². The third-order valence-corrected chi connectivity index (χ3v) is 2.38. The number of anilines is 1. The predicted octanol–water partition coefficient (Wildman–Crippen LogP) is 1.80. The van der Waals surface area contributed by atoms with Gasteiger partial charge in [0.05, 0.1) is 11.0 Å². The Morgan fingerprint density at radius 2 is 2.00 bits per heavy atom. The van der Waals surface area contributed by atoms with E-state index in [1.54, 1.807) is 19.1 Å². The quantitative estimate of drug-likeness (QED) is 0.611. The minimum atomic E-state index is -0.417. The molecular weight excluding hydrogens is 208 g/mol. The molecule has 0 aromatic heterocycles. The van der Waals surface area contributed by atoms with Crippen LogP contribution in [0.4, 0.5) is 11.4 Å². The van der Waals surface area contributed by atoms with E-state index in [0.29, 0.717) is 6.42 Å². The summed E-state index contributed by atoms with van der Waals surface area (Å²) < 4.78 is 0. The van der Waals surface area contributed by atoms with E-state index in [9.17, 15) is 10.1 Å². The summed E-state index contributed by atoms with van der Waals surface area (Å²) in [5.74, 6) is 0. The Morgan fingerprint density at radius 1 is 1.44 bits per heavy atom. The van der Waals surface area contributed by atoms with Crippen LogP contribution in [0.2, 0.25) is 0 Å². The second kappa shape index (κ2) is 5.46. The SMILES string of the molecule is CC(O)CCN(C)c1ccc([N+](=O)[O-])cc1. The zero-order chi connectivity index (χ0) is 12.1. The minimum Gasteiger partial charge on any atom is -0.393 e. The van der Waals surface area contributed by atoms with Crippen LogP contribution in [-0.4, -0.2) is 29.7 Å². The van der Waals surface area contributed by atoms with E-state index >= 15 is 0 Å². The van der Waals surface area contributed by atoms with Crippen LogP contribution < -0.4 is 4.90 Å². The number of aliphatic hydroxyl groups excluding tert-OH is 1. The van der Waals surface area contributed by atoms with Crippen molar-refractivity contribution in [3.63, 3.8) is 0 Å². The maximum absolute atomic E-state index is 10.5. The normalized spacial score (nSPS) is 12.2. The Hall–Kier alpha value is -1.62. The third kappa shape index (κ3) is 3.51. The van der Waals surface area contributed by atoms with Crippen LogP contribution in [0.1, 0.15) is 13.3 Å². The lowest BCUT2D eigenvalue weighted by Crippen LogP contribution is -2.21. The van der Waals surface area contributed by atoms with E-state index < -0.39 is 4.92 Å². The summed E-state index contributed by atoms with van der Waals surface area (Å²) in [5, 5.41) is 19.6. The molecule has 1 rings (SSSR count). The minimum absolute atomic E-state index is 0.0904. The van der Waals surface area contributed by atoms with Crippen LogP contribution in [0.3, 0.4) is 0 Å². The van der Waals surface area contributed by atoms with Gasteiger partial charge in [-0.3, -0.25) is 10.1 Å². The van der Waals surface area contributed by atoms with Crippen molar-refractivity contribution in [3.05, 3.63) is 34.4 Å². The van der Waals surface area contributed by atoms with Crippen molar-refractivity contribution < 1.29 is 10.0 Å². The lowest BCUT2D eigenvalue weighted by molar-refractivity contribution is -0.384. The Morgan fingerprint density at radius 3 is 2.44 bits per heavy atom. The van der Waals surface area contributed by atoms with Crippen LogP contribution in [0.15, 0.2) is 24.3 Å². The van der Waals surface area contributed by atoms with Gasteiger partial charge in [-0.2, -0.15) is 0 Å². The monoisotopic (exact) mass is 224 g/mol. The first-order valence-electron chi connectivity index (χ1n) is 5.14. The number of non-ortho nitro benzene ring substituents is 1. The van der Waals surface area contributed by atoms with Gasteiger partial charge in [-0.25, -0.2) is 0 Å². The number of nitro groups is 1. The fourth-order valence-corrected chi connectivity index (χ4v) is 1.34. The number of aliphatic hydroxyl groups is 1. The summed E-state index contributed by atoms with van der Waals surface area (Å²) in [4.78, 5) is 12.0. The Balaban J connectivity index is 2.63. The van der Waals surface area contributed by atoms with Gasteiger partial charge in [0.25, 0.3) is 5.69 Å². The standard InChI is InChI=1S/C11H16N2O3/c1-9(14)7-8-12(2)10-3-5-11(6-4-10)13(15)16/h3-6,9,14H,7-8H2,1-2H3. The molecule has 0 aliphatic rings. The molecule has 88 valence electrons. The number of benzene rings is 1. The molecule has 0 spiro atoms. The van der Waals surface area contributed by atoms with E-state index in [1.807, 2.05) is 11.9 Å². The van der Waals surface area contributed by atoms with Crippen LogP contribution in [-0.2, 0) is 0 Å². The van der Waals surface area contributed by atoms with E-state index in [1.165, 1.54) is 12.1 Å². The molecule has 5 heteroatoms. The van der Waals surface area contributed by atoms with Crippen molar-refractivity contribution >= 4 is 11.4 Å². The first kappa shape index (κ1) is 12.4. The highest BCUT2D eigenvalue weighted by molar-refractivity contribution is 5.50. The Kier molecular flexibility index (Phi) is 4.25. The maximum Gasteiger partial charge on any atom is 0.269 e. The highest BCUT2D eigenvalue weighted by Gasteiger charge is 2.07. The van der Waals surface area contributed by atoms with E-state index in [2.05, 4.69) is 0 Å². The zero-order valence-electron chi connectivity index (χ0n) is 9.46. The summed E-state index contributed by atoms with van der Waals surface area (Å²) in [7, 11) is 1.89. The van der Waals surface area contributed by atoms with E-state index in [0.717, 1.165) is 12.2 Å². The molecule has 0 radical (unpaired) electrons. The van der Waals surface area contributed by atoms with Crippen molar-refractivity contribution in [1.29, 1.82) is 0 Å². The Labute approximate surface area is 94.5 Å². The second-order valence-electron chi connectivity index (χ2n) is 3.83. The van der Waals surface area contributed by atoms with Gasteiger partial charge >= 0.3 is 0 Å². The van der Waals surface area contributed by atoms with Gasteiger partial charge in [-0.15, -0.1) is 0 Å². The largest absolute Gasteiger partial charge is 0.393 e. The topological polar surface area (TPSA) is 66.6 Å². The number of rotatable bonds is 5. The van der Waals surface area contributed by atoms with Crippen molar-refractivity contribution in [1.82, 2.24) is 0 Å². The molecule has 1 N–H and O–H groups in total. The zero-order valence-corrected chi connectivity index (χ0v) is 9.46. The molecule has 1 aromatic carbocycles. The molecule has 1 unspecified atom stereocenters. The molecule has 1 atom stereocenters. The molecule has 0 saturated carbocycles. The summed E-state index contributed by atoms with van der Waals surface area (Å²) in [5.41, 5.74) is 0.999. The van der Waals surface area contributed by atoms with Crippen LogP contribution in [0.25, 0.3) is 0 Å². The molecule has 0 fully saturated rings. The average Bonchev–Trinajstić information content (AvgIpc) is 2.26. The van der Waals surface area contributed by atoms with Gasteiger partial charge in [0, 0.05) is 31.4 Å². The number of hydrogen-bond donors (Lipinski definition) is 1. The van der Waals surface area contributed by atoms with Gasteiger partial charge in [0.15, 0.2) is 0 Å². The molecule has 0 bridgehead atoms. The van der Waals surface area contributed by atoms with Crippen molar-refractivity contribution in [3.8, 4) is 0 Å². The fourth-order valence-electron chi connectivity index (χ4n) is 1.34. The van der Waals surface area contributed by atoms with Crippen molar-refractivity contribution in [2.24, 2.45) is 0 Å². The highest BCUT2D eigenvalue weighted by Crippen LogP contribution is 2.18. The van der Waals surface area contributed by atoms with Crippen LogP contribution >= 0.6 is 0 Å². The number of nitrogens with zero attached hydrogens (tertiary/aromatic N) is 2. The molecule has 0 aliphatic carbocycles. The summed E-state index contributed by atoms with van der Waals surface area (Å²) in [6, 6.07) is 6.38. The smallest absolute Gasteiger partial charge is 0.269 e. The number of hydrogen-bond acceptors (Lipinski definition) is 4. The third-order valence-electron chi connectivity index (χ3n) is 2.38. The molecule has 16 heavy (non-hydrogen) atoms. The van der Waals surface area contributed by atoms with Gasteiger partial charge < -0.3 is 10.0 Å². The molecular formula is C11H16N2O3. The van der Waals surface area contributed by atoms with Gasteiger partial charge in [-0.05, 0) is 25.5 Å². The lowest BCUT2D eigenvalue weighted by atomic mass is 10.2. The predicted molar refractivity (Wildman–Crippen MR) is 62.7 cm³/mol. The fraction of sp³-hybridized carbons (Fsp3) is 0.455. The molecule has 1 aromatic rings. The number of nitro benzene ring substituents is 1. The van der Waals surface area contributed by atoms with Gasteiger partial charge in [0.2, 0.25) is 0 Å². The summed E-state index contributed by atoms with van der Waals surface area (Å²) in [6.45, 7) is 2.46. The highest BCUT2D eigenvalue weighted by atomic mass is 16.6. The lowest BCUT2D eigenvalue weighted by Gasteiger charge is -2.19. The molecule has 5 nitrogen and oxygen atoms in total. The van der Waals surface area contributed by atoms with Gasteiger partial charge in [-0.1, -0.05) is 0 Å². The first-order valence-corrected chi connectivity index (χ1v) is 5.14. The maximum atomic E-state index is 10.5. The summed E-state index contributed by atoms with van der Waals surface area (Å²) in [6.07, 6.45) is 0.341.